The van der Waals surface area contributed by atoms with Crippen molar-refractivity contribution < 1.29 is 4.79 Å². The minimum absolute atomic E-state index is 0.225. The van der Waals surface area contributed by atoms with E-state index in [-0.39, 0.29) is 11.9 Å². The molecule has 11 heavy (non-hydrogen) atoms. The standard InChI is InChI=1S/C7H14N2OS/c1-7(2,6(8)10)5-3-11-4-9-5/h5,9H,3-4H2,1-2H3,(H2,8,10). The average molecular weight is 174 g/mol. The molecule has 1 fully saturated rings. The van der Waals surface area contributed by atoms with Gasteiger partial charge in [0.25, 0.3) is 0 Å². The zero-order valence-electron chi connectivity index (χ0n) is 6.89. The Morgan fingerprint density at radius 3 is 2.73 bits per heavy atom. The minimum atomic E-state index is -0.413. The number of primary amides is 1. The predicted octanol–water partition coefficient (Wildman–Crippen LogP) is 0.160. The number of nitrogens with one attached hydrogen (secondary N) is 1. The first-order valence-electron chi connectivity index (χ1n) is 3.66. The zero-order valence-corrected chi connectivity index (χ0v) is 7.70. The fourth-order valence-electron chi connectivity index (χ4n) is 1.03. The van der Waals surface area contributed by atoms with E-state index < -0.39 is 5.41 Å². The molecule has 1 heterocycles. The van der Waals surface area contributed by atoms with E-state index in [1.54, 1.807) is 0 Å². The molecule has 0 saturated carbocycles. The molecule has 1 saturated heterocycles. The summed E-state index contributed by atoms with van der Waals surface area (Å²) in [6.45, 7) is 3.78. The highest BCUT2D eigenvalue weighted by Gasteiger charge is 2.36. The molecule has 1 aliphatic heterocycles. The summed E-state index contributed by atoms with van der Waals surface area (Å²) in [6.07, 6.45) is 0. The Bertz CT molecular complexity index is 164. The maximum Gasteiger partial charge on any atom is 0.224 e. The summed E-state index contributed by atoms with van der Waals surface area (Å²) in [7, 11) is 0. The van der Waals surface area contributed by atoms with Crippen molar-refractivity contribution in [2.24, 2.45) is 11.1 Å². The van der Waals surface area contributed by atoms with Crippen LogP contribution >= 0.6 is 11.8 Å². The smallest absolute Gasteiger partial charge is 0.224 e. The molecular formula is C7H14N2OS. The van der Waals surface area contributed by atoms with Crippen molar-refractivity contribution >= 4 is 17.7 Å². The third kappa shape index (κ3) is 1.68. The molecule has 0 aliphatic carbocycles. The Kier molecular flexibility index (Phi) is 2.44. The molecule has 1 rings (SSSR count). The molecule has 0 aromatic carbocycles. The molecule has 0 radical (unpaired) electrons. The van der Waals surface area contributed by atoms with Crippen LogP contribution in [0.25, 0.3) is 0 Å². The van der Waals surface area contributed by atoms with Gasteiger partial charge in [0.15, 0.2) is 0 Å². The summed E-state index contributed by atoms with van der Waals surface area (Å²) >= 11 is 1.81. The number of amides is 1. The number of rotatable bonds is 2. The lowest BCUT2D eigenvalue weighted by molar-refractivity contribution is -0.127. The summed E-state index contributed by atoms with van der Waals surface area (Å²) in [5, 5.41) is 3.24. The minimum Gasteiger partial charge on any atom is -0.369 e. The summed E-state index contributed by atoms with van der Waals surface area (Å²) in [4.78, 5) is 11.0. The Hall–Kier alpha value is -0.220. The molecule has 3 N–H and O–H groups in total. The van der Waals surface area contributed by atoms with E-state index in [2.05, 4.69) is 5.32 Å². The van der Waals surface area contributed by atoms with Crippen LogP contribution in [0.1, 0.15) is 13.8 Å². The van der Waals surface area contributed by atoms with Gasteiger partial charge in [0.2, 0.25) is 5.91 Å². The van der Waals surface area contributed by atoms with Gasteiger partial charge in [0.1, 0.15) is 0 Å². The fourth-order valence-corrected chi connectivity index (χ4v) is 2.24. The van der Waals surface area contributed by atoms with Crippen molar-refractivity contribution in [3.63, 3.8) is 0 Å². The number of thioether (sulfide) groups is 1. The quantitative estimate of drug-likeness (QED) is 0.627. The van der Waals surface area contributed by atoms with Crippen LogP contribution in [0.3, 0.4) is 0 Å². The van der Waals surface area contributed by atoms with Crippen LogP contribution in [0.15, 0.2) is 0 Å². The number of hydrogen-bond acceptors (Lipinski definition) is 3. The second kappa shape index (κ2) is 3.03. The summed E-state index contributed by atoms with van der Waals surface area (Å²) < 4.78 is 0. The first-order valence-corrected chi connectivity index (χ1v) is 4.81. The Labute approximate surface area is 71.1 Å². The van der Waals surface area contributed by atoms with Crippen LogP contribution in [0.4, 0.5) is 0 Å². The van der Waals surface area contributed by atoms with Gasteiger partial charge >= 0.3 is 0 Å². The van der Waals surface area contributed by atoms with E-state index in [0.29, 0.717) is 0 Å². The van der Waals surface area contributed by atoms with Gasteiger partial charge in [0.05, 0.1) is 5.41 Å². The average Bonchev–Trinajstić information content (AvgIpc) is 2.37. The summed E-state index contributed by atoms with van der Waals surface area (Å²) in [6, 6.07) is 0.241. The maximum atomic E-state index is 11.0. The molecule has 0 bridgehead atoms. The van der Waals surface area contributed by atoms with E-state index in [1.807, 2.05) is 25.6 Å². The van der Waals surface area contributed by atoms with E-state index in [1.165, 1.54) is 0 Å². The zero-order chi connectivity index (χ0) is 8.48. The highest BCUT2D eigenvalue weighted by atomic mass is 32.2. The second-order valence-electron chi connectivity index (χ2n) is 3.36. The number of hydrogen-bond donors (Lipinski definition) is 2. The lowest BCUT2D eigenvalue weighted by Crippen LogP contribution is -2.47. The van der Waals surface area contributed by atoms with Gasteiger partial charge in [-0.1, -0.05) is 0 Å². The Morgan fingerprint density at radius 1 is 1.73 bits per heavy atom. The molecule has 4 heteroatoms. The first-order chi connectivity index (χ1) is 5.05. The highest BCUT2D eigenvalue weighted by Crippen LogP contribution is 2.26. The Balaban J connectivity index is 2.62. The maximum absolute atomic E-state index is 11.0. The van der Waals surface area contributed by atoms with Gasteiger partial charge in [0, 0.05) is 17.7 Å². The van der Waals surface area contributed by atoms with Crippen LogP contribution in [0.2, 0.25) is 0 Å². The van der Waals surface area contributed by atoms with E-state index in [0.717, 1.165) is 11.6 Å². The molecule has 1 amide bonds. The van der Waals surface area contributed by atoms with Crippen molar-refractivity contribution in [2.75, 3.05) is 11.6 Å². The lowest BCUT2D eigenvalue weighted by atomic mass is 9.85. The van der Waals surface area contributed by atoms with E-state index >= 15 is 0 Å². The number of carbonyl (C=O) groups is 1. The molecule has 3 nitrogen and oxygen atoms in total. The fraction of sp³-hybridized carbons (Fsp3) is 0.857. The largest absolute Gasteiger partial charge is 0.369 e. The lowest BCUT2D eigenvalue weighted by Gasteiger charge is -2.27. The van der Waals surface area contributed by atoms with Gasteiger partial charge < -0.3 is 11.1 Å². The van der Waals surface area contributed by atoms with Crippen LogP contribution in [-0.4, -0.2) is 23.6 Å². The van der Waals surface area contributed by atoms with Crippen molar-refractivity contribution in [1.82, 2.24) is 5.32 Å². The van der Waals surface area contributed by atoms with Gasteiger partial charge in [-0.05, 0) is 13.8 Å². The molecule has 0 spiro atoms. The van der Waals surface area contributed by atoms with Crippen molar-refractivity contribution in [3.8, 4) is 0 Å². The number of nitrogens with two attached hydrogens (primary N) is 1. The second-order valence-corrected chi connectivity index (χ2v) is 4.39. The molecule has 0 aromatic heterocycles. The SMILES string of the molecule is CC(C)(C(N)=O)C1CSCN1. The Morgan fingerprint density at radius 2 is 2.36 bits per heavy atom. The summed E-state index contributed by atoms with van der Waals surface area (Å²) in [5.41, 5.74) is 4.85. The molecule has 64 valence electrons. The third-order valence-electron chi connectivity index (χ3n) is 2.22. The van der Waals surface area contributed by atoms with Crippen molar-refractivity contribution in [1.29, 1.82) is 0 Å². The van der Waals surface area contributed by atoms with E-state index in [4.69, 9.17) is 5.73 Å². The third-order valence-corrected chi connectivity index (χ3v) is 3.16. The van der Waals surface area contributed by atoms with Crippen molar-refractivity contribution in [3.05, 3.63) is 0 Å². The van der Waals surface area contributed by atoms with Crippen LogP contribution < -0.4 is 11.1 Å². The topological polar surface area (TPSA) is 55.1 Å². The van der Waals surface area contributed by atoms with Gasteiger partial charge in [-0.15, -0.1) is 11.8 Å². The number of carbonyl (C=O) groups excluding carboxylic acids is 1. The normalized spacial score (nSPS) is 25.5. The molecular weight excluding hydrogens is 160 g/mol. The predicted molar refractivity (Wildman–Crippen MR) is 47.2 cm³/mol. The molecule has 1 aliphatic rings. The van der Waals surface area contributed by atoms with E-state index in [9.17, 15) is 4.79 Å². The van der Waals surface area contributed by atoms with Crippen LogP contribution in [0.5, 0.6) is 0 Å². The highest BCUT2D eigenvalue weighted by molar-refractivity contribution is 7.99. The van der Waals surface area contributed by atoms with Crippen LogP contribution in [-0.2, 0) is 4.79 Å². The monoisotopic (exact) mass is 174 g/mol. The molecule has 1 unspecified atom stereocenters. The van der Waals surface area contributed by atoms with Gasteiger partial charge in [-0.3, -0.25) is 4.79 Å². The summed E-state index contributed by atoms with van der Waals surface area (Å²) in [5.74, 6) is 1.69. The van der Waals surface area contributed by atoms with Gasteiger partial charge in [-0.2, -0.15) is 0 Å². The molecule has 1 atom stereocenters. The van der Waals surface area contributed by atoms with Gasteiger partial charge in [-0.25, -0.2) is 0 Å². The van der Waals surface area contributed by atoms with Crippen LogP contribution in [0, 0.1) is 5.41 Å². The first kappa shape index (κ1) is 8.87. The molecule has 0 aromatic rings. The van der Waals surface area contributed by atoms with Crippen molar-refractivity contribution in [2.45, 2.75) is 19.9 Å².